The van der Waals surface area contributed by atoms with Crippen molar-refractivity contribution in [3.63, 3.8) is 0 Å². The summed E-state index contributed by atoms with van der Waals surface area (Å²) in [7, 11) is -3.32. The topological polar surface area (TPSA) is 61.9 Å². The van der Waals surface area contributed by atoms with E-state index in [1.54, 1.807) is 0 Å². The molecule has 6 nitrogen and oxygen atoms in total. The zero-order valence-corrected chi connectivity index (χ0v) is 35.9. The molecule has 0 aliphatic heterocycles. The van der Waals surface area contributed by atoms with Crippen molar-refractivity contribution >= 4 is 117 Å². The van der Waals surface area contributed by atoms with Crippen LogP contribution in [-0.2, 0) is 0 Å². The Morgan fingerprint density at radius 2 is 0.677 bits per heavy atom. The fourth-order valence-electron chi connectivity index (χ4n) is 10.9. The Kier molecular flexibility index (Phi) is 7.61. The molecule has 0 saturated heterocycles. The van der Waals surface area contributed by atoms with Crippen LogP contribution in [0.3, 0.4) is 0 Å². The van der Waals surface area contributed by atoms with E-state index in [4.69, 9.17) is 18.8 Å². The standard InChI is InChI=1S/C58H36N4O2Si/c1-3-17-37(18-4-1)65(38-19-5-2-6-20-38,51-33-13-25-41-39-23-11-29-49(55(39)63-57(41)51)61-45-27-9-7-21-43(45)53-47(61)31-15-35-59-53)52-34-14-26-42-40-24-12-30-50(56(40)64-58(42)52)62-46-28-10-8-22-44(46)54-48(62)32-16-36-60-54/h1-36H. The summed E-state index contributed by atoms with van der Waals surface area (Å²) in [6.45, 7) is 0. The third-order valence-corrected chi connectivity index (χ3v) is 18.4. The second kappa shape index (κ2) is 13.7. The zero-order chi connectivity index (χ0) is 42.6. The number of para-hydroxylation sites is 6. The molecule has 0 saturated carbocycles. The summed E-state index contributed by atoms with van der Waals surface area (Å²) in [6.07, 6.45) is 3.74. The molecule has 0 spiro atoms. The fraction of sp³-hybridized carbons (Fsp3) is 0. The van der Waals surface area contributed by atoms with Gasteiger partial charge in [-0.1, -0.05) is 158 Å². The maximum absolute atomic E-state index is 7.48. The summed E-state index contributed by atoms with van der Waals surface area (Å²) >= 11 is 0. The first kappa shape index (κ1) is 36.0. The quantitative estimate of drug-likeness (QED) is 0.124. The van der Waals surface area contributed by atoms with Crippen LogP contribution in [0.5, 0.6) is 0 Å². The second-order valence-corrected chi connectivity index (χ2v) is 20.5. The van der Waals surface area contributed by atoms with Gasteiger partial charge >= 0.3 is 0 Å². The highest BCUT2D eigenvalue weighted by molar-refractivity contribution is 7.21. The monoisotopic (exact) mass is 848 g/mol. The third-order valence-electron chi connectivity index (χ3n) is 13.6. The molecule has 0 aliphatic carbocycles. The van der Waals surface area contributed by atoms with E-state index >= 15 is 0 Å². The van der Waals surface area contributed by atoms with Crippen molar-refractivity contribution in [2.24, 2.45) is 0 Å². The molecule has 304 valence electrons. The number of hydrogen-bond acceptors (Lipinski definition) is 4. The Morgan fingerprint density at radius 1 is 0.308 bits per heavy atom. The number of aromatic nitrogens is 4. The van der Waals surface area contributed by atoms with Crippen LogP contribution in [0.25, 0.3) is 99.1 Å². The molecule has 0 aliphatic rings. The van der Waals surface area contributed by atoms with Gasteiger partial charge in [0.05, 0.1) is 44.5 Å². The molecule has 0 amide bonds. The second-order valence-electron chi connectivity index (χ2n) is 16.8. The van der Waals surface area contributed by atoms with E-state index in [1.807, 2.05) is 24.5 Å². The van der Waals surface area contributed by atoms with Crippen molar-refractivity contribution in [1.29, 1.82) is 0 Å². The zero-order valence-electron chi connectivity index (χ0n) is 34.9. The number of rotatable bonds is 6. The average Bonchev–Trinajstić information content (AvgIpc) is 4.14. The lowest BCUT2D eigenvalue weighted by Crippen LogP contribution is -2.75. The van der Waals surface area contributed by atoms with Gasteiger partial charge in [-0.2, -0.15) is 0 Å². The van der Waals surface area contributed by atoms with Gasteiger partial charge in [0.15, 0.2) is 19.2 Å². The number of nitrogens with zero attached hydrogens (tertiary/aromatic N) is 4. The third kappa shape index (κ3) is 4.93. The highest BCUT2D eigenvalue weighted by atomic mass is 28.3. The Labute approximate surface area is 372 Å². The molecule has 0 N–H and O–H groups in total. The van der Waals surface area contributed by atoms with Gasteiger partial charge < -0.3 is 18.0 Å². The van der Waals surface area contributed by atoms with Gasteiger partial charge in [0.2, 0.25) is 0 Å². The van der Waals surface area contributed by atoms with Crippen LogP contribution in [-0.4, -0.2) is 27.2 Å². The smallest absolute Gasteiger partial charge is 0.188 e. The molecule has 14 rings (SSSR count). The predicted molar refractivity (Wildman–Crippen MR) is 269 cm³/mol. The number of fused-ring (bicyclic) bond motifs is 12. The Morgan fingerprint density at radius 3 is 1.14 bits per heavy atom. The van der Waals surface area contributed by atoms with Crippen LogP contribution in [0, 0.1) is 0 Å². The molecule has 7 heteroatoms. The molecule has 14 aromatic rings. The maximum Gasteiger partial charge on any atom is 0.188 e. The van der Waals surface area contributed by atoms with E-state index in [1.165, 1.54) is 10.4 Å². The van der Waals surface area contributed by atoms with E-state index in [0.29, 0.717) is 0 Å². The molecule has 6 heterocycles. The maximum atomic E-state index is 7.48. The van der Waals surface area contributed by atoms with Crippen LogP contribution >= 0.6 is 0 Å². The van der Waals surface area contributed by atoms with E-state index < -0.39 is 8.07 Å². The van der Waals surface area contributed by atoms with E-state index in [0.717, 1.165) is 109 Å². The summed E-state index contributed by atoms with van der Waals surface area (Å²) in [4.78, 5) is 9.71. The van der Waals surface area contributed by atoms with E-state index in [9.17, 15) is 0 Å². The van der Waals surface area contributed by atoms with Gasteiger partial charge in [0.25, 0.3) is 0 Å². The number of pyridine rings is 2. The van der Waals surface area contributed by atoms with E-state index in [-0.39, 0.29) is 0 Å². The Hall–Kier alpha value is -8.52. The van der Waals surface area contributed by atoms with Gasteiger partial charge in [-0.3, -0.25) is 9.97 Å². The van der Waals surface area contributed by atoms with Crippen molar-refractivity contribution < 1.29 is 8.83 Å². The minimum atomic E-state index is -3.32. The highest BCUT2D eigenvalue weighted by Gasteiger charge is 2.46. The fourth-order valence-corrected chi connectivity index (χ4v) is 15.9. The van der Waals surface area contributed by atoms with Crippen molar-refractivity contribution in [3.8, 4) is 11.4 Å². The van der Waals surface area contributed by atoms with Crippen molar-refractivity contribution in [3.05, 3.63) is 219 Å². The van der Waals surface area contributed by atoms with Crippen LogP contribution in [0.4, 0.5) is 0 Å². The molecular formula is C58H36N4O2Si. The lowest BCUT2D eigenvalue weighted by atomic mass is 10.1. The van der Waals surface area contributed by atoms with Crippen molar-refractivity contribution in [1.82, 2.24) is 19.1 Å². The highest BCUT2D eigenvalue weighted by Crippen LogP contribution is 2.40. The number of benzene rings is 8. The van der Waals surface area contributed by atoms with Gasteiger partial charge in [0.1, 0.15) is 11.2 Å². The predicted octanol–water partition coefficient (Wildman–Crippen LogP) is 11.8. The first-order chi connectivity index (χ1) is 32.3. The van der Waals surface area contributed by atoms with Gasteiger partial charge in [0, 0.05) is 44.7 Å². The van der Waals surface area contributed by atoms with Crippen LogP contribution in [0.1, 0.15) is 0 Å². The lowest BCUT2D eigenvalue weighted by molar-refractivity contribution is 0.668. The summed E-state index contributed by atoms with van der Waals surface area (Å²) in [6, 6.07) is 73.9. The molecule has 0 unspecified atom stereocenters. The average molecular weight is 849 g/mol. The number of hydrogen-bond donors (Lipinski definition) is 0. The Bertz CT molecular complexity index is 3820. The molecule has 0 bridgehead atoms. The molecule has 8 aromatic carbocycles. The molecule has 6 aromatic heterocycles. The summed E-state index contributed by atoms with van der Waals surface area (Å²) in [5.41, 5.74) is 11.5. The minimum Gasteiger partial charge on any atom is -0.454 e. The molecule has 0 radical (unpaired) electrons. The minimum absolute atomic E-state index is 0.831. The van der Waals surface area contributed by atoms with Gasteiger partial charge in [-0.05, 0) is 69.3 Å². The first-order valence-corrected chi connectivity index (χ1v) is 24.0. The van der Waals surface area contributed by atoms with Crippen LogP contribution < -0.4 is 20.7 Å². The summed E-state index contributed by atoms with van der Waals surface area (Å²) < 4.78 is 19.6. The first-order valence-electron chi connectivity index (χ1n) is 22.0. The molecule has 65 heavy (non-hydrogen) atoms. The van der Waals surface area contributed by atoms with Crippen molar-refractivity contribution in [2.75, 3.05) is 0 Å². The van der Waals surface area contributed by atoms with Crippen LogP contribution in [0.2, 0.25) is 0 Å². The molecule has 0 atom stereocenters. The van der Waals surface area contributed by atoms with Gasteiger partial charge in [-0.25, -0.2) is 0 Å². The normalized spacial score (nSPS) is 12.3. The number of furan rings is 2. The van der Waals surface area contributed by atoms with Crippen molar-refractivity contribution in [2.45, 2.75) is 0 Å². The Balaban J connectivity index is 1.10. The van der Waals surface area contributed by atoms with E-state index in [2.05, 4.69) is 203 Å². The summed E-state index contributed by atoms with van der Waals surface area (Å²) in [5, 5.41) is 11.2. The summed E-state index contributed by atoms with van der Waals surface area (Å²) in [5.74, 6) is 0. The SMILES string of the molecule is c1ccc([Si](c2ccccc2)(c2cccc3c2oc2c(-n4c5ccccc5c5ncccc54)cccc23)c2cccc3c2oc2c(-n4c5ccccc5c5ncccc54)cccc23)cc1. The van der Waals surface area contributed by atoms with Crippen LogP contribution in [0.15, 0.2) is 227 Å². The lowest BCUT2D eigenvalue weighted by Gasteiger charge is -2.34. The molecule has 0 fully saturated rings. The molecular weight excluding hydrogens is 813 g/mol. The largest absolute Gasteiger partial charge is 0.454 e. The van der Waals surface area contributed by atoms with Gasteiger partial charge in [-0.15, -0.1) is 0 Å².